The lowest BCUT2D eigenvalue weighted by atomic mass is 10.1. The second-order valence-corrected chi connectivity index (χ2v) is 7.36. The molecule has 1 N–H and O–H groups in total. The molecule has 0 saturated heterocycles. The number of ether oxygens (including phenoxy) is 3. The van der Waals surface area contributed by atoms with Gasteiger partial charge in [0.05, 0.1) is 12.7 Å². The zero-order valence-electron chi connectivity index (χ0n) is 18.1. The fourth-order valence-corrected chi connectivity index (χ4v) is 3.13. The molecule has 0 fully saturated rings. The quantitative estimate of drug-likeness (QED) is 0.394. The molecule has 178 valence electrons. The number of rotatable bonds is 7. The van der Waals surface area contributed by atoms with Crippen molar-refractivity contribution in [3.63, 3.8) is 0 Å². The molecular formula is C23H18ClF3N2O5. The molecular weight excluding hydrogens is 477 g/mol. The van der Waals surface area contributed by atoms with Crippen LogP contribution in [0.4, 0.5) is 18.9 Å². The average Bonchev–Trinajstić information content (AvgIpc) is 2.76. The van der Waals surface area contributed by atoms with Crippen molar-refractivity contribution >= 4 is 29.0 Å². The molecule has 1 amide bonds. The van der Waals surface area contributed by atoms with Crippen molar-refractivity contribution in [3.05, 3.63) is 70.5 Å². The van der Waals surface area contributed by atoms with E-state index in [1.54, 1.807) is 6.92 Å². The number of hydrogen-bond donors (Lipinski definition) is 1. The highest BCUT2D eigenvalue weighted by molar-refractivity contribution is 6.32. The molecule has 0 unspecified atom stereocenters. The first-order valence-corrected chi connectivity index (χ1v) is 10.1. The van der Waals surface area contributed by atoms with E-state index >= 15 is 0 Å². The number of nitrogens with one attached hydrogen (secondary N) is 1. The molecule has 0 aliphatic rings. The normalized spacial score (nSPS) is 11.0. The van der Waals surface area contributed by atoms with Gasteiger partial charge in [-0.1, -0.05) is 11.6 Å². The maximum Gasteiger partial charge on any atom is 0.573 e. The molecule has 2 aromatic carbocycles. The Labute approximate surface area is 197 Å². The number of benzene rings is 2. The van der Waals surface area contributed by atoms with Gasteiger partial charge in [-0.15, -0.1) is 13.2 Å². The van der Waals surface area contributed by atoms with Crippen LogP contribution in [0, 0.1) is 6.92 Å². The molecule has 7 nitrogen and oxygen atoms in total. The third-order valence-electron chi connectivity index (χ3n) is 4.55. The first-order chi connectivity index (χ1) is 16.0. The molecule has 3 rings (SSSR count). The average molecular weight is 495 g/mol. The Kier molecular flexibility index (Phi) is 7.31. The van der Waals surface area contributed by atoms with Gasteiger partial charge in [0.25, 0.3) is 5.91 Å². The third-order valence-corrected chi connectivity index (χ3v) is 4.96. The van der Waals surface area contributed by atoms with Gasteiger partial charge in [0.15, 0.2) is 17.3 Å². The highest BCUT2D eigenvalue weighted by atomic mass is 35.5. The summed E-state index contributed by atoms with van der Waals surface area (Å²) in [4.78, 5) is 28.6. The van der Waals surface area contributed by atoms with Crippen LogP contribution in [0.2, 0.25) is 5.02 Å². The zero-order chi connectivity index (χ0) is 25.0. The van der Waals surface area contributed by atoms with Gasteiger partial charge < -0.3 is 19.5 Å². The molecule has 11 heteroatoms. The van der Waals surface area contributed by atoms with Gasteiger partial charge >= 0.3 is 6.36 Å². The van der Waals surface area contributed by atoms with Gasteiger partial charge in [0, 0.05) is 29.9 Å². The second kappa shape index (κ2) is 10.0. The standard InChI is InChI=1S/C23H18ClF3N2O5/c1-12-16(24)5-7-19(21(12)22(31)29-14-8-9-28-17(10-14)13(2)30)33-18-6-4-15(11-20(18)32-3)34-23(25,26)27/h4-11H,1-3H3,(H,28,29,31). The van der Waals surface area contributed by atoms with Crippen LogP contribution < -0.4 is 19.5 Å². The number of hydrogen-bond acceptors (Lipinski definition) is 6. The summed E-state index contributed by atoms with van der Waals surface area (Å²) in [6, 6.07) is 9.15. The number of methoxy groups -OCH3 is 1. The minimum absolute atomic E-state index is 0.0376. The Morgan fingerprint density at radius 3 is 2.38 bits per heavy atom. The second-order valence-electron chi connectivity index (χ2n) is 6.95. The highest BCUT2D eigenvalue weighted by Crippen LogP contribution is 2.39. The van der Waals surface area contributed by atoms with Crippen molar-refractivity contribution in [1.82, 2.24) is 4.98 Å². The van der Waals surface area contributed by atoms with Gasteiger partial charge in [-0.25, -0.2) is 0 Å². The van der Waals surface area contributed by atoms with Crippen molar-refractivity contribution in [3.8, 4) is 23.0 Å². The predicted molar refractivity (Wildman–Crippen MR) is 118 cm³/mol. The van der Waals surface area contributed by atoms with Crippen LogP contribution in [0.15, 0.2) is 48.7 Å². The Hall–Kier alpha value is -3.79. The summed E-state index contributed by atoms with van der Waals surface area (Å²) < 4.78 is 52.4. The Morgan fingerprint density at radius 1 is 1.03 bits per heavy atom. The van der Waals surface area contributed by atoms with Gasteiger partial charge in [0.1, 0.15) is 17.2 Å². The van der Waals surface area contributed by atoms with Crippen molar-refractivity contribution in [2.75, 3.05) is 12.4 Å². The third kappa shape index (κ3) is 5.96. The van der Waals surface area contributed by atoms with Gasteiger partial charge in [-0.2, -0.15) is 0 Å². The zero-order valence-corrected chi connectivity index (χ0v) is 18.9. The number of alkyl halides is 3. The van der Waals surface area contributed by atoms with Crippen molar-refractivity contribution in [2.45, 2.75) is 20.2 Å². The minimum atomic E-state index is -4.87. The van der Waals surface area contributed by atoms with Crippen LogP contribution in [-0.2, 0) is 0 Å². The van der Waals surface area contributed by atoms with Crippen LogP contribution in [-0.4, -0.2) is 30.1 Å². The first kappa shape index (κ1) is 24.8. The summed E-state index contributed by atoms with van der Waals surface area (Å²) in [5, 5.41) is 2.95. The minimum Gasteiger partial charge on any atom is -0.493 e. The lowest BCUT2D eigenvalue weighted by Gasteiger charge is -2.17. The van der Waals surface area contributed by atoms with Gasteiger partial charge in [-0.05, 0) is 48.9 Å². The van der Waals surface area contributed by atoms with E-state index in [1.807, 2.05) is 0 Å². The van der Waals surface area contributed by atoms with E-state index in [2.05, 4.69) is 15.0 Å². The molecule has 0 saturated carbocycles. The van der Waals surface area contributed by atoms with E-state index in [9.17, 15) is 22.8 Å². The van der Waals surface area contributed by atoms with Gasteiger partial charge in [0.2, 0.25) is 0 Å². The lowest BCUT2D eigenvalue weighted by molar-refractivity contribution is -0.274. The number of anilines is 1. The summed E-state index contributed by atoms with van der Waals surface area (Å²) in [6.07, 6.45) is -3.49. The highest BCUT2D eigenvalue weighted by Gasteiger charge is 2.31. The molecule has 0 bridgehead atoms. The number of halogens is 4. The summed E-state index contributed by atoms with van der Waals surface area (Å²) in [5.41, 5.74) is 0.963. The number of amides is 1. The SMILES string of the molecule is COc1cc(OC(F)(F)F)ccc1Oc1ccc(Cl)c(C)c1C(=O)Nc1ccnc(C(C)=O)c1. The van der Waals surface area contributed by atoms with E-state index in [0.29, 0.717) is 11.3 Å². The molecule has 1 heterocycles. The van der Waals surface area contributed by atoms with Crippen LogP contribution in [0.25, 0.3) is 0 Å². The number of ketones is 1. The van der Waals surface area contributed by atoms with E-state index < -0.39 is 18.0 Å². The largest absolute Gasteiger partial charge is 0.573 e. The van der Waals surface area contributed by atoms with E-state index in [-0.39, 0.29) is 39.3 Å². The Morgan fingerprint density at radius 2 is 1.74 bits per heavy atom. The van der Waals surface area contributed by atoms with E-state index in [4.69, 9.17) is 21.1 Å². The van der Waals surface area contributed by atoms with E-state index in [1.165, 1.54) is 50.6 Å². The van der Waals surface area contributed by atoms with Crippen molar-refractivity contribution in [1.29, 1.82) is 0 Å². The molecule has 0 spiro atoms. The summed E-state index contributed by atoms with van der Waals surface area (Å²) in [7, 11) is 1.25. The number of nitrogens with zero attached hydrogens (tertiary/aromatic N) is 1. The van der Waals surface area contributed by atoms with Crippen molar-refractivity contribution in [2.24, 2.45) is 0 Å². The van der Waals surface area contributed by atoms with Crippen molar-refractivity contribution < 1.29 is 37.0 Å². The predicted octanol–water partition coefficient (Wildman–Crippen LogP) is 6.20. The number of Topliss-reactive ketones (excluding diaryl/α,β-unsaturated/α-hetero) is 1. The fourth-order valence-electron chi connectivity index (χ4n) is 2.97. The van der Waals surface area contributed by atoms with Crippen LogP contribution in [0.1, 0.15) is 33.3 Å². The number of pyridine rings is 1. The maximum atomic E-state index is 13.1. The number of aromatic nitrogens is 1. The summed E-state index contributed by atoms with van der Waals surface area (Å²) >= 11 is 6.21. The molecule has 3 aromatic rings. The molecule has 0 radical (unpaired) electrons. The van der Waals surface area contributed by atoms with Crippen LogP contribution in [0.3, 0.4) is 0 Å². The lowest BCUT2D eigenvalue weighted by Crippen LogP contribution is -2.17. The molecule has 34 heavy (non-hydrogen) atoms. The molecule has 0 atom stereocenters. The van der Waals surface area contributed by atoms with E-state index in [0.717, 1.165) is 12.1 Å². The van der Waals surface area contributed by atoms with Crippen LogP contribution in [0.5, 0.6) is 23.0 Å². The topological polar surface area (TPSA) is 86.8 Å². The fraction of sp³-hybridized carbons (Fsp3) is 0.174. The van der Waals surface area contributed by atoms with Crippen LogP contribution >= 0.6 is 11.6 Å². The molecule has 0 aliphatic carbocycles. The first-order valence-electron chi connectivity index (χ1n) is 9.67. The summed E-state index contributed by atoms with van der Waals surface area (Å²) in [6.45, 7) is 2.95. The summed E-state index contributed by atoms with van der Waals surface area (Å²) in [5.74, 6) is -1.31. The number of carbonyl (C=O) groups is 2. The molecule has 0 aliphatic heterocycles. The Balaban J connectivity index is 1.95. The molecule has 1 aromatic heterocycles. The maximum absolute atomic E-state index is 13.1. The smallest absolute Gasteiger partial charge is 0.493 e. The van der Waals surface area contributed by atoms with Gasteiger partial charge in [-0.3, -0.25) is 14.6 Å². The number of carbonyl (C=O) groups excluding carboxylic acids is 2. The monoisotopic (exact) mass is 494 g/mol. The Bertz CT molecular complexity index is 1250.